The van der Waals surface area contributed by atoms with Crippen LogP contribution in [0, 0.1) is 0 Å². The molecule has 0 unspecified atom stereocenters. The number of benzene rings is 1. The molecule has 7 heteroatoms. The summed E-state index contributed by atoms with van der Waals surface area (Å²) in [5.41, 5.74) is 0.247. The van der Waals surface area contributed by atoms with Crippen LogP contribution in [0.2, 0.25) is 0 Å². The Hall–Kier alpha value is -2.57. The summed E-state index contributed by atoms with van der Waals surface area (Å²) in [5.74, 6) is -0.171. The fraction of sp³-hybridized carbons (Fsp3) is 0.609. The van der Waals surface area contributed by atoms with Gasteiger partial charge in [-0.05, 0) is 32.3 Å². The van der Waals surface area contributed by atoms with Gasteiger partial charge in [-0.25, -0.2) is 4.79 Å². The Morgan fingerprint density at radius 3 is 2.23 bits per heavy atom. The zero-order chi connectivity index (χ0) is 22.0. The summed E-state index contributed by atoms with van der Waals surface area (Å²) in [5, 5.41) is 5.82. The summed E-state index contributed by atoms with van der Waals surface area (Å²) >= 11 is 0. The normalized spacial score (nSPS) is 15.2. The van der Waals surface area contributed by atoms with Crippen LogP contribution in [0.25, 0.3) is 0 Å². The molecule has 7 nitrogen and oxygen atoms in total. The summed E-state index contributed by atoms with van der Waals surface area (Å²) < 4.78 is 0. The van der Waals surface area contributed by atoms with Gasteiger partial charge in [-0.1, -0.05) is 49.6 Å². The SMILES string of the molecule is CCN(CC)C(=O)C1(NC(=O)CCNC(=O)N(C)Cc2ccccc2)CCCCC1. The molecule has 0 bridgehead atoms. The minimum Gasteiger partial charge on any atom is -0.342 e. The minimum atomic E-state index is -0.796. The van der Waals surface area contributed by atoms with Gasteiger partial charge in [0.1, 0.15) is 5.54 Å². The van der Waals surface area contributed by atoms with Gasteiger partial charge in [0.2, 0.25) is 11.8 Å². The van der Waals surface area contributed by atoms with E-state index in [-0.39, 0.29) is 30.8 Å². The molecule has 0 heterocycles. The van der Waals surface area contributed by atoms with Crippen molar-refractivity contribution in [3.63, 3.8) is 0 Å². The Labute approximate surface area is 180 Å². The molecule has 1 aliphatic carbocycles. The van der Waals surface area contributed by atoms with Crippen LogP contribution >= 0.6 is 0 Å². The molecule has 30 heavy (non-hydrogen) atoms. The van der Waals surface area contributed by atoms with E-state index in [4.69, 9.17) is 0 Å². The molecule has 0 atom stereocenters. The van der Waals surface area contributed by atoms with Crippen molar-refractivity contribution < 1.29 is 14.4 Å². The first kappa shape index (κ1) is 23.7. The van der Waals surface area contributed by atoms with Gasteiger partial charge in [0.05, 0.1) is 0 Å². The second-order valence-electron chi connectivity index (χ2n) is 7.99. The number of carbonyl (C=O) groups excluding carboxylic acids is 3. The van der Waals surface area contributed by atoms with E-state index >= 15 is 0 Å². The van der Waals surface area contributed by atoms with Crippen LogP contribution in [0.1, 0.15) is 57.9 Å². The number of urea groups is 1. The maximum absolute atomic E-state index is 13.1. The van der Waals surface area contributed by atoms with Gasteiger partial charge in [0, 0.05) is 39.6 Å². The first-order valence-electron chi connectivity index (χ1n) is 11.0. The summed E-state index contributed by atoms with van der Waals surface area (Å²) in [6.45, 7) is 5.93. The summed E-state index contributed by atoms with van der Waals surface area (Å²) in [4.78, 5) is 41.4. The van der Waals surface area contributed by atoms with Gasteiger partial charge in [0.15, 0.2) is 0 Å². The molecular formula is C23H36N4O3. The van der Waals surface area contributed by atoms with E-state index in [2.05, 4.69) is 10.6 Å². The molecule has 0 spiro atoms. The smallest absolute Gasteiger partial charge is 0.317 e. The number of amides is 4. The number of hydrogen-bond donors (Lipinski definition) is 2. The molecular weight excluding hydrogens is 380 g/mol. The Morgan fingerprint density at radius 2 is 1.63 bits per heavy atom. The van der Waals surface area contributed by atoms with Gasteiger partial charge in [-0.15, -0.1) is 0 Å². The molecule has 0 aliphatic heterocycles. The number of nitrogens with one attached hydrogen (secondary N) is 2. The molecule has 2 rings (SSSR count). The van der Waals surface area contributed by atoms with Crippen LogP contribution in [-0.2, 0) is 16.1 Å². The first-order chi connectivity index (χ1) is 14.4. The van der Waals surface area contributed by atoms with Crippen molar-refractivity contribution in [2.45, 2.75) is 64.5 Å². The molecule has 0 radical (unpaired) electrons. The van der Waals surface area contributed by atoms with Gasteiger partial charge in [0.25, 0.3) is 0 Å². The molecule has 1 saturated carbocycles. The first-order valence-corrected chi connectivity index (χ1v) is 11.0. The second kappa shape index (κ2) is 11.6. The Morgan fingerprint density at radius 1 is 1.00 bits per heavy atom. The van der Waals surface area contributed by atoms with E-state index in [1.165, 1.54) is 0 Å². The second-order valence-corrected chi connectivity index (χ2v) is 7.99. The van der Waals surface area contributed by atoms with Crippen LogP contribution < -0.4 is 10.6 Å². The average Bonchev–Trinajstić information content (AvgIpc) is 2.75. The Kier molecular flexibility index (Phi) is 9.15. The summed E-state index contributed by atoms with van der Waals surface area (Å²) in [6, 6.07) is 9.52. The fourth-order valence-corrected chi connectivity index (χ4v) is 4.04. The third-order valence-electron chi connectivity index (χ3n) is 5.78. The van der Waals surface area contributed by atoms with Gasteiger partial charge >= 0.3 is 6.03 Å². The van der Waals surface area contributed by atoms with Crippen LogP contribution in [-0.4, -0.2) is 59.9 Å². The van der Waals surface area contributed by atoms with Crippen molar-refractivity contribution in [1.82, 2.24) is 20.4 Å². The largest absolute Gasteiger partial charge is 0.342 e. The summed E-state index contributed by atoms with van der Waals surface area (Å²) in [7, 11) is 1.72. The van der Waals surface area contributed by atoms with E-state index in [0.717, 1.165) is 24.8 Å². The van der Waals surface area contributed by atoms with Crippen molar-refractivity contribution in [2.75, 3.05) is 26.7 Å². The number of hydrogen-bond acceptors (Lipinski definition) is 3. The lowest BCUT2D eigenvalue weighted by molar-refractivity contribution is -0.143. The Balaban J connectivity index is 1.85. The van der Waals surface area contributed by atoms with E-state index in [0.29, 0.717) is 32.5 Å². The monoisotopic (exact) mass is 416 g/mol. The highest BCUT2D eigenvalue weighted by molar-refractivity contribution is 5.91. The minimum absolute atomic E-state index is 0.0205. The number of carbonyl (C=O) groups is 3. The number of nitrogens with zero attached hydrogens (tertiary/aromatic N) is 2. The third-order valence-corrected chi connectivity index (χ3v) is 5.78. The number of rotatable bonds is 9. The standard InChI is InChI=1S/C23H36N4O3/c1-4-27(5-2)21(29)23(15-10-7-11-16-23)25-20(28)14-17-24-22(30)26(3)18-19-12-8-6-9-13-19/h6,8-9,12-13H,4-5,7,10-11,14-18H2,1-3H3,(H,24,30)(H,25,28). The molecule has 0 aromatic heterocycles. The molecule has 1 aromatic rings. The van der Waals surface area contributed by atoms with Crippen molar-refractivity contribution >= 4 is 17.8 Å². The maximum atomic E-state index is 13.1. The maximum Gasteiger partial charge on any atom is 0.317 e. The van der Waals surface area contributed by atoms with Gasteiger partial charge in [-0.2, -0.15) is 0 Å². The zero-order valence-corrected chi connectivity index (χ0v) is 18.6. The topological polar surface area (TPSA) is 81.8 Å². The Bertz CT molecular complexity index is 698. The fourth-order valence-electron chi connectivity index (χ4n) is 4.04. The van der Waals surface area contributed by atoms with Crippen molar-refractivity contribution in [1.29, 1.82) is 0 Å². The van der Waals surface area contributed by atoms with Gasteiger partial charge < -0.3 is 20.4 Å². The molecule has 1 fully saturated rings. The summed E-state index contributed by atoms with van der Waals surface area (Å²) in [6.07, 6.45) is 4.48. The molecule has 1 aromatic carbocycles. The predicted molar refractivity (Wildman–Crippen MR) is 118 cm³/mol. The van der Waals surface area contributed by atoms with Crippen LogP contribution in [0.15, 0.2) is 30.3 Å². The van der Waals surface area contributed by atoms with Crippen LogP contribution in [0.5, 0.6) is 0 Å². The highest BCUT2D eigenvalue weighted by Gasteiger charge is 2.42. The molecule has 0 saturated heterocycles. The van der Waals surface area contributed by atoms with E-state index in [1.807, 2.05) is 44.2 Å². The number of likely N-dealkylation sites (N-methyl/N-ethyl adjacent to an activating group) is 1. The lowest BCUT2D eigenvalue weighted by Crippen LogP contribution is -2.60. The highest BCUT2D eigenvalue weighted by Crippen LogP contribution is 2.30. The van der Waals surface area contributed by atoms with E-state index in [1.54, 1.807) is 16.8 Å². The molecule has 1 aliphatic rings. The van der Waals surface area contributed by atoms with Crippen molar-refractivity contribution in [3.8, 4) is 0 Å². The average molecular weight is 417 g/mol. The quantitative estimate of drug-likeness (QED) is 0.649. The van der Waals surface area contributed by atoms with Crippen molar-refractivity contribution in [3.05, 3.63) is 35.9 Å². The lowest BCUT2D eigenvalue weighted by atomic mass is 9.80. The molecule has 166 valence electrons. The van der Waals surface area contributed by atoms with Gasteiger partial charge in [-0.3, -0.25) is 9.59 Å². The molecule has 4 amide bonds. The van der Waals surface area contributed by atoms with Crippen LogP contribution in [0.3, 0.4) is 0 Å². The van der Waals surface area contributed by atoms with E-state index < -0.39 is 5.54 Å². The predicted octanol–water partition coefficient (Wildman–Crippen LogP) is 2.91. The highest BCUT2D eigenvalue weighted by atomic mass is 16.2. The lowest BCUT2D eigenvalue weighted by Gasteiger charge is -2.40. The van der Waals surface area contributed by atoms with E-state index in [9.17, 15) is 14.4 Å². The zero-order valence-electron chi connectivity index (χ0n) is 18.6. The van der Waals surface area contributed by atoms with Crippen molar-refractivity contribution in [2.24, 2.45) is 0 Å². The molecule has 2 N–H and O–H groups in total. The third kappa shape index (κ3) is 6.47. The van der Waals surface area contributed by atoms with Crippen LogP contribution in [0.4, 0.5) is 4.79 Å².